The van der Waals surface area contributed by atoms with Crippen LogP contribution in [-0.4, -0.2) is 26.8 Å². The number of hydrogen-bond donors (Lipinski definition) is 2. The molecule has 3 rings (SSSR count). The third-order valence-corrected chi connectivity index (χ3v) is 4.33. The summed E-state index contributed by atoms with van der Waals surface area (Å²) >= 11 is 3.31. The first-order valence-electron chi connectivity index (χ1n) is 8.05. The third-order valence-electron chi connectivity index (χ3n) is 3.80. The fourth-order valence-corrected chi connectivity index (χ4v) is 2.62. The Bertz CT molecular complexity index is 1040. The number of amides is 2. The summed E-state index contributed by atoms with van der Waals surface area (Å²) in [6, 6.07) is 10.0. The lowest BCUT2D eigenvalue weighted by atomic mass is 10.2. The maximum Gasteiger partial charge on any atom is 0.278 e. The highest BCUT2D eigenvalue weighted by atomic mass is 79.9. The molecule has 0 fully saturated rings. The molecule has 10 heteroatoms. The van der Waals surface area contributed by atoms with Crippen molar-refractivity contribution >= 4 is 39.1 Å². The Balaban J connectivity index is 1.67. The summed E-state index contributed by atoms with van der Waals surface area (Å²) in [5.74, 6) is -3.09. The van der Waals surface area contributed by atoms with Crippen LogP contribution in [0.4, 0.5) is 20.2 Å². The van der Waals surface area contributed by atoms with Gasteiger partial charge in [0.05, 0.1) is 5.69 Å². The molecule has 0 unspecified atom stereocenters. The van der Waals surface area contributed by atoms with Crippen LogP contribution in [0.3, 0.4) is 0 Å². The van der Waals surface area contributed by atoms with Gasteiger partial charge in [-0.1, -0.05) is 21.1 Å². The average Bonchev–Trinajstić information content (AvgIpc) is 3.01. The van der Waals surface area contributed by atoms with Crippen molar-refractivity contribution < 1.29 is 18.4 Å². The third kappa shape index (κ3) is 4.58. The van der Waals surface area contributed by atoms with Crippen LogP contribution in [0.1, 0.15) is 16.2 Å². The molecule has 0 saturated carbocycles. The molecule has 7 nitrogen and oxygen atoms in total. The fraction of sp³-hybridized carbons (Fsp3) is 0.111. The quantitative estimate of drug-likeness (QED) is 0.623. The molecule has 144 valence electrons. The van der Waals surface area contributed by atoms with E-state index in [1.807, 2.05) is 0 Å². The van der Waals surface area contributed by atoms with E-state index in [0.29, 0.717) is 11.4 Å². The normalized spacial score (nSPS) is 10.6. The lowest BCUT2D eigenvalue weighted by Gasteiger charge is -2.07. The number of anilines is 2. The van der Waals surface area contributed by atoms with E-state index in [1.54, 1.807) is 31.2 Å². The number of hydrogen-bond acceptors (Lipinski definition) is 4. The van der Waals surface area contributed by atoms with Gasteiger partial charge in [-0.3, -0.25) is 9.59 Å². The minimum atomic E-state index is -1.08. The van der Waals surface area contributed by atoms with Crippen LogP contribution in [-0.2, 0) is 11.3 Å². The maximum atomic E-state index is 13.3. The minimum Gasteiger partial charge on any atom is -0.324 e. The van der Waals surface area contributed by atoms with Gasteiger partial charge in [0.15, 0.2) is 17.3 Å². The van der Waals surface area contributed by atoms with Gasteiger partial charge in [-0.2, -0.15) is 0 Å². The molecule has 2 N–H and O–H groups in total. The summed E-state index contributed by atoms with van der Waals surface area (Å²) in [4.78, 5) is 24.5. The molecule has 0 bridgehead atoms. The van der Waals surface area contributed by atoms with Crippen molar-refractivity contribution in [3.8, 4) is 0 Å². The zero-order valence-electron chi connectivity index (χ0n) is 14.5. The fourth-order valence-electron chi connectivity index (χ4n) is 2.35. The second kappa shape index (κ2) is 8.26. The molecule has 28 heavy (non-hydrogen) atoms. The predicted octanol–water partition coefficient (Wildman–Crippen LogP) is 3.52. The minimum absolute atomic E-state index is 0.0267. The molecule has 2 aromatic carbocycles. The number of nitrogens with zero attached hydrogens (tertiary/aromatic N) is 3. The number of nitrogens with one attached hydrogen (secondary N) is 2. The number of rotatable bonds is 5. The van der Waals surface area contributed by atoms with Crippen LogP contribution in [0, 0.1) is 18.6 Å². The van der Waals surface area contributed by atoms with Gasteiger partial charge >= 0.3 is 0 Å². The summed E-state index contributed by atoms with van der Waals surface area (Å²) in [7, 11) is 0. The van der Waals surface area contributed by atoms with Gasteiger partial charge in [0.1, 0.15) is 6.54 Å². The van der Waals surface area contributed by atoms with E-state index in [9.17, 15) is 18.4 Å². The van der Waals surface area contributed by atoms with E-state index in [0.717, 1.165) is 16.6 Å². The van der Waals surface area contributed by atoms with Gasteiger partial charge in [0.2, 0.25) is 5.91 Å². The zero-order chi connectivity index (χ0) is 20.3. The van der Waals surface area contributed by atoms with Crippen molar-refractivity contribution in [1.82, 2.24) is 15.0 Å². The smallest absolute Gasteiger partial charge is 0.278 e. The Hall–Kier alpha value is -3.14. The number of carbonyl (C=O) groups excluding carboxylic acids is 2. The molecule has 0 aliphatic rings. The van der Waals surface area contributed by atoms with Crippen LogP contribution in [0.5, 0.6) is 0 Å². The van der Waals surface area contributed by atoms with E-state index in [4.69, 9.17) is 0 Å². The highest BCUT2D eigenvalue weighted by Crippen LogP contribution is 2.16. The average molecular weight is 450 g/mol. The van der Waals surface area contributed by atoms with Crippen LogP contribution < -0.4 is 10.6 Å². The molecule has 1 heterocycles. The molecule has 0 aliphatic carbocycles. The first kappa shape index (κ1) is 19.6. The highest BCUT2D eigenvalue weighted by Gasteiger charge is 2.18. The Labute approximate surface area is 166 Å². The molecule has 1 aromatic heterocycles. The lowest BCUT2D eigenvalue weighted by molar-refractivity contribution is -0.117. The lowest BCUT2D eigenvalue weighted by Crippen LogP contribution is -2.21. The monoisotopic (exact) mass is 449 g/mol. The highest BCUT2D eigenvalue weighted by molar-refractivity contribution is 9.10. The Morgan fingerprint density at radius 2 is 1.71 bits per heavy atom. The predicted molar refractivity (Wildman–Crippen MR) is 102 cm³/mol. The van der Waals surface area contributed by atoms with E-state index < -0.39 is 17.5 Å². The number of halogens is 3. The van der Waals surface area contributed by atoms with Crippen molar-refractivity contribution in [2.24, 2.45) is 0 Å². The summed E-state index contributed by atoms with van der Waals surface area (Å²) in [5.41, 5.74) is 1.01. The van der Waals surface area contributed by atoms with Gasteiger partial charge in [0, 0.05) is 21.9 Å². The van der Waals surface area contributed by atoms with E-state index in [1.165, 1.54) is 10.7 Å². The molecule has 2 amide bonds. The molecule has 0 radical (unpaired) electrons. The molecule has 0 saturated heterocycles. The van der Waals surface area contributed by atoms with Gasteiger partial charge in [0.25, 0.3) is 5.91 Å². The topological polar surface area (TPSA) is 88.9 Å². The molecule has 0 spiro atoms. The first-order valence-corrected chi connectivity index (χ1v) is 8.84. The van der Waals surface area contributed by atoms with Gasteiger partial charge in [-0.15, -0.1) is 5.10 Å². The van der Waals surface area contributed by atoms with Crippen molar-refractivity contribution in [3.05, 3.63) is 70.0 Å². The van der Waals surface area contributed by atoms with Gasteiger partial charge < -0.3 is 10.6 Å². The van der Waals surface area contributed by atoms with Crippen LogP contribution >= 0.6 is 15.9 Å². The summed E-state index contributed by atoms with van der Waals surface area (Å²) in [6.07, 6.45) is 0. The molecule has 0 atom stereocenters. The van der Waals surface area contributed by atoms with Crippen LogP contribution in [0.2, 0.25) is 0 Å². The SMILES string of the molecule is Cc1c(C(=O)Nc2ccc(F)c(F)c2)nnn1CC(=O)Nc1ccc(Br)cc1. The van der Waals surface area contributed by atoms with Crippen molar-refractivity contribution in [1.29, 1.82) is 0 Å². The second-order valence-corrected chi connectivity index (χ2v) is 6.73. The van der Waals surface area contributed by atoms with Gasteiger partial charge in [-0.25, -0.2) is 13.5 Å². The molecule has 0 aliphatic heterocycles. The molecular weight excluding hydrogens is 436 g/mol. The second-order valence-electron chi connectivity index (χ2n) is 5.82. The van der Waals surface area contributed by atoms with Crippen LogP contribution in [0.25, 0.3) is 0 Å². The first-order chi connectivity index (χ1) is 13.3. The van der Waals surface area contributed by atoms with E-state index in [2.05, 4.69) is 36.9 Å². The Kier molecular flexibility index (Phi) is 5.78. The molecular formula is C18H14BrF2N5O2. The van der Waals surface area contributed by atoms with E-state index >= 15 is 0 Å². The van der Waals surface area contributed by atoms with Crippen LogP contribution in [0.15, 0.2) is 46.9 Å². The standard InChI is InChI=1S/C18H14BrF2N5O2/c1-10-17(18(28)23-13-6-7-14(20)15(21)8-13)24-25-26(10)9-16(27)22-12-4-2-11(19)3-5-12/h2-8H,9H2,1H3,(H,22,27)(H,23,28). The maximum absolute atomic E-state index is 13.3. The van der Waals surface area contributed by atoms with E-state index in [-0.39, 0.29) is 23.8 Å². The zero-order valence-corrected chi connectivity index (χ0v) is 16.1. The van der Waals surface area contributed by atoms with Crippen molar-refractivity contribution in [2.75, 3.05) is 10.6 Å². The number of aromatic nitrogens is 3. The molecule has 3 aromatic rings. The summed E-state index contributed by atoms with van der Waals surface area (Å²) in [5, 5.41) is 12.7. The van der Waals surface area contributed by atoms with Crippen molar-refractivity contribution in [3.63, 3.8) is 0 Å². The van der Waals surface area contributed by atoms with Gasteiger partial charge in [-0.05, 0) is 43.3 Å². The summed E-state index contributed by atoms with van der Waals surface area (Å²) in [6.45, 7) is 1.43. The van der Waals surface area contributed by atoms with Crippen molar-refractivity contribution in [2.45, 2.75) is 13.5 Å². The largest absolute Gasteiger partial charge is 0.324 e. The Morgan fingerprint density at radius 3 is 2.39 bits per heavy atom. The Morgan fingerprint density at radius 1 is 1.04 bits per heavy atom. The number of benzene rings is 2. The summed E-state index contributed by atoms with van der Waals surface area (Å²) < 4.78 is 28.4. The number of carbonyl (C=O) groups is 2.